The Morgan fingerprint density at radius 3 is 2.60 bits per heavy atom. The first-order chi connectivity index (χ1) is 19.0. The number of anilines is 1. The Bertz CT molecular complexity index is 1530. The number of aliphatic hydroxyl groups excluding tert-OH is 1. The van der Waals surface area contributed by atoms with E-state index >= 15 is 4.39 Å². The molecule has 2 aliphatic heterocycles. The lowest BCUT2D eigenvalue weighted by molar-refractivity contribution is -0.131. The van der Waals surface area contributed by atoms with E-state index in [1.165, 1.54) is 17.0 Å². The Labute approximate surface area is 226 Å². The molecule has 0 unspecified atom stereocenters. The topological polar surface area (TPSA) is 114 Å². The number of rotatable bonds is 7. The van der Waals surface area contributed by atoms with Gasteiger partial charge in [-0.15, -0.1) is 0 Å². The van der Waals surface area contributed by atoms with Crippen LogP contribution in [0.15, 0.2) is 24.3 Å². The lowest BCUT2D eigenvalue weighted by Gasteiger charge is -2.32. The van der Waals surface area contributed by atoms with Crippen LogP contribution in [-0.2, 0) is 15.3 Å². The molecule has 2 aliphatic rings. The molecule has 3 aromatic rings. The van der Waals surface area contributed by atoms with Gasteiger partial charge in [0.1, 0.15) is 36.7 Å². The number of aryl methyl sites for hydroxylation is 1. The summed E-state index contributed by atoms with van der Waals surface area (Å²) in [5.74, 6) is -4.47. The molecule has 1 amide bonds. The second-order valence-electron chi connectivity index (χ2n) is 9.76. The molecular formula is C26H27F4N4O5P. The molecule has 0 saturated carbocycles. The van der Waals surface area contributed by atoms with Crippen molar-refractivity contribution in [2.24, 2.45) is 0 Å². The van der Waals surface area contributed by atoms with Gasteiger partial charge in [-0.05, 0) is 26.0 Å². The number of nitrogens with one attached hydrogen (secondary N) is 1. The van der Waals surface area contributed by atoms with Crippen molar-refractivity contribution in [2.45, 2.75) is 25.8 Å². The summed E-state index contributed by atoms with van der Waals surface area (Å²) in [7, 11) is -3.13. The van der Waals surface area contributed by atoms with Gasteiger partial charge in [-0.25, -0.2) is 18.7 Å². The largest absolute Gasteiger partial charge is 0.453 e. The summed E-state index contributed by atoms with van der Waals surface area (Å²) < 4.78 is 81.9. The monoisotopic (exact) mass is 582 g/mol. The molecule has 2 aromatic carbocycles. The molecule has 3 heterocycles. The van der Waals surface area contributed by atoms with Gasteiger partial charge in [0.15, 0.2) is 18.2 Å². The van der Waals surface area contributed by atoms with Crippen LogP contribution in [0.1, 0.15) is 29.9 Å². The summed E-state index contributed by atoms with van der Waals surface area (Å²) in [6, 6.07) is 4.32. The molecule has 0 bridgehead atoms. The zero-order valence-electron chi connectivity index (χ0n) is 21.7. The molecule has 0 aliphatic carbocycles. The number of ether oxygens (including phenoxy) is 2. The van der Waals surface area contributed by atoms with E-state index in [1.807, 2.05) is 0 Å². The highest BCUT2D eigenvalue weighted by molar-refractivity contribution is 7.72. The summed E-state index contributed by atoms with van der Waals surface area (Å²) in [5.41, 5.74) is -0.641. The van der Waals surface area contributed by atoms with Crippen molar-refractivity contribution >= 4 is 35.1 Å². The molecule has 14 heteroatoms. The quantitative estimate of drug-likeness (QED) is 0.319. The van der Waals surface area contributed by atoms with E-state index in [0.29, 0.717) is 22.0 Å². The SMILES string of the molecule is Cc1nc(N[C@H](C)c2cccc(C(F)(F)CO)c2F)c2cc(P3(=O)CCN(C(=O)CF)CC3)c3c(c2n1)OCO3. The fourth-order valence-electron chi connectivity index (χ4n) is 5.05. The summed E-state index contributed by atoms with van der Waals surface area (Å²) in [6.07, 6.45) is 0.228. The van der Waals surface area contributed by atoms with Crippen LogP contribution >= 0.6 is 7.14 Å². The van der Waals surface area contributed by atoms with Crippen LogP contribution in [0, 0.1) is 12.7 Å². The Morgan fingerprint density at radius 2 is 1.93 bits per heavy atom. The van der Waals surface area contributed by atoms with Crippen molar-refractivity contribution in [1.29, 1.82) is 0 Å². The molecule has 40 heavy (non-hydrogen) atoms. The third kappa shape index (κ3) is 4.85. The fourth-order valence-corrected chi connectivity index (χ4v) is 7.78. The molecule has 214 valence electrons. The maximum absolute atomic E-state index is 15.2. The molecule has 1 fully saturated rings. The average Bonchev–Trinajstić information content (AvgIpc) is 3.43. The molecule has 1 atom stereocenters. The summed E-state index contributed by atoms with van der Waals surface area (Å²) in [4.78, 5) is 22.1. The van der Waals surface area contributed by atoms with Crippen LogP contribution < -0.4 is 20.1 Å². The highest BCUT2D eigenvalue weighted by atomic mass is 31.2. The first-order valence-corrected chi connectivity index (χ1v) is 14.6. The lowest BCUT2D eigenvalue weighted by Crippen LogP contribution is -2.41. The van der Waals surface area contributed by atoms with Crippen LogP contribution in [0.3, 0.4) is 0 Å². The Hall–Kier alpha value is -3.44. The fraction of sp³-hybridized carbons (Fsp3) is 0.423. The van der Waals surface area contributed by atoms with Crippen molar-refractivity contribution in [3.8, 4) is 11.5 Å². The maximum atomic E-state index is 15.2. The van der Waals surface area contributed by atoms with Crippen molar-refractivity contribution < 1.29 is 41.5 Å². The van der Waals surface area contributed by atoms with Gasteiger partial charge in [-0.1, -0.05) is 12.1 Å². The van der Waals surface area contributed by atoms with Crippen LogP contribution in [0.4, 0.5) is 23.4 Å². The van der Waals surface area contributed by atoms with Gasteiger partial charge in [0.25, 0.3) is 11.8 Å². The number of amides is 1. The number of fused-ring (bicyclic) bond motifs is 3. The van der Waals surface area contributed by atoms with Crippen molar-refractivity contribution in [2.75, 3.05) is 50.8 Å². The van der Waals surface area contributed by atoms with Gasteiger partial charge in [-0.3, -0.25) is 4.79 Å². The van der Waals surface area contributed by atoms with E-state index < -0.39 is 49.7 Å². The lowest BCUT2D eigenvalue weighted by atomic mass is 10.00. The van der Waals surface area contributed by atoms with E-state index in [1.54, 1.807) is 19.9 Å². The Morgan fingerprint density at radius 1 is 1.23 bits per heavy atom. The summed E-state index contributed by atoms with van der Waals surface area (Å²) in [5, 5.41) is 12.9. The van der Waals surface area contributed by atoms with Crippen molar-refractivity contribution in [1.82, 2.24) is 14.9 Å². The highest BCUT2D eigenvalue weighted by Gasteiger charge is 2.39. The minimum atomic E-state index is -3.76. The Kier molecular flexibility index (Phi) is 7.39. The molecule has 1 saturated heterocycles. The van der Waals surface area contributed by atoms with Crippen LogP contribution in [0.2, 0.25) is 0 Å². The van der Waals surface area contributed by atoms with E-state index in [-0.39, 0.29) is 55.1 Å². The first-order valence-electron chi connectivity index (χ1n) is 12.6. The second-order valence-corrected chi connectivity index (χ2v) is 12.9. The number of hydrogen-bond acceptors (Lipinski definition) is 8. The number of benzene rings is 2. The minimum absolute atomic E-state index is 0.0753. The number of carbonyl (C=O) groups excluding carboxylic acids is 1. The van der Waals surface area contributed by atoms with Crippen molar-refractivity contribution in [3.63, 3.8) is 0 Å². The third-order valence-electron chi connectivity index (χ3n) is 7.21. The zero-order valence-corrected chi connectivity index (χ0v) is 22.6. The van der Waals surface area contributed by atoms with Gasteiger partial charge in [0.2, 0.25) is 6.79 Å². The van der Waals surface area contributed by atoms with Gasteiger partial charge in [0.05, 0.1) is 16.9 Å². The van der Waals surface area contributed by atoms with Gasteiger partial charge >= 0.3 is 0 Å². The number of halogens is 4. The molecule has 0 radical (unpaired) electrons. The molecule has 2 N–H and O–H groups in total. The Balaban J connectivity index is 1.57. The number of alkyl halides is 3. The number of aliphatic hydroxyl groups is 1. The number of nitrogens with zero attached hydrogens (tertiary/aromatic N) is 3. The number of carbonyl (C=O) groups is 1. The third-order valence-corrected chi connectivity index (χ3v) is 10.3. The van der Waals surface area contributed by atoms with Gasteiger partial charge in [0, 0.05) is 36.4 Å². The predicted octanol–water partition coefficient (Wildman–Crippen LogP) is 3.86. The smallest absolute Gasteiger partial charge is 0.298 e. The van der Waals surface area contributed by atoms with Gasteiger partial charge < -0.3 is 29.4 Å². The maximum Gasteiger partial charge on any atom is 0.298 e. The van der Waals surface area contributed by atoms with Crippen molar-refractivity contribution in [3.05, 3.63) is 47.0 Å². The predicted molar refractivity (Wildman–Crippen MR) is 139 cm³/mol. The first kappa shape index (κ1) is 28.1. The van der Waals surface area contributed by atoms with Gasteiger partial charge in [-0.2, -0.15) is 8.78 Å². The summed E-state index contributed by atoms with van der Waals surface area (Å²) >= 11 is 0. The van der Waals surface area contributed by atoms with E-state index in [0.717, 1.165) is 6.07 Å². The number of hydrogen-bond donors (Lipinski definition) is 2. The second kappa shape index (κ2) is 10.5. The van der Waals surface area contributed by atoms with E-state index in [9.17, 15) is 22.5 Å². The van der Waals surface area contributed by atoms with Crippen LogP contribution in [0.5, 0.6) is 11.5 Å². The standard InChI is InChI=1S/C26H27F4N4O5P/c1-14(16-4-3-5-18(21(16)28)26(29,30)12-35)31-25-17-10-19(40(37)8-6-34(7-9-40)20(36)11-27)23-24(39-13-38-23)22(17)32-15(2)33-25/h3-5,10,14,35H,6-9,11-13H2,1-2H3,(H,31,32,33)/t14-/m1/s1. The molecule has 1 aromatic heterocycles. The minimum Gasteiger partial charge on any atom is -0.453 e. The van der Waals surface area contributed by atoms with Crippen LogP contribution in [0.25, 0.3) is 10.9 Å². The summed E-state index contributed by atoms with van der Waals surface area (Å²) in [6.45, 7) is 0.637. The van der Waals surface area contributed by atoms with E-state index in [2.05, 4.69) is 15.3 Å². The van der Waals surface area contributed by atoms with E-state index in [4.69, 9.17) is 14.6 Å². The highest BCUT2D eigenvalue weighted by Crippen LogP contribution is 2.53. The number of aromatic nitrogens is 2. The average molecular weight is 582 g/mol. The molecule has 9 nitrogen and oxygen atoms in total. The zero-order chi connectivity index (χ0) is 28.8. The molecule has 5 rings (SSSR count). The normalized spacial score (nSPS) is 17.2. The molecular weight excluding hydrogens is 555 g/mol. The van der Waals surface area contributed by atoms with Crippen LogP contribution in [-0.4, -0.2) is 71.4 Å². The molecule has 0 spiro atoms.